The second kappa shape index (κ2) is 8.09. The number of aryl methyl sites for hydroxylation is 2. The van der Waals surface area contributed by atoms with Gasteiger partial charge in [-0.25, -0.2) is 4.79 Å². The van der Waals surface area contributed by atoms with E-state index >= 15 is 0 Å². The molecular weight excluding hydrogens is 262 g/mol. The maximum absolute atomic E-state index is 11.6. The molecule has 1 heterocycles. The summed E-state index contributed by atoms with van der Waals surface area (Å²) in [6.07, 6.45) is 3.05. The molecule has 1 unspecified atom stereocenters. The maximum Gasteiger partial charge on any atom is 0.314 e. The molecule has 1 aromatic heterocycles. The van der Waals surface area contributed by atoms with E-state index in [0.717, 1.165) is 29.2 Å². The fourth-order valence-corrected chi connectivity index (χ4v) is 2.46. The number of carbonyl (C=O) groups is 1. The average Bonchev–Trinajstić information content (AvgIpc) is 2.71. The van der Waals surface area contributed by atoms with Crippen molar-refractivity contribution in [1.82, 2.24) is 15.8 Å². The van der Waals surface area contributed by atoms with E-state index < -0.39 is 0 Å². The Morgan fingerprint density at radius 2 is 2.16 bits per heavy atom. The summed E-state index contributed by atoms with van der Waals surface area (Å²) in [6.45, 7) is 7.17. The molecule has 1 rings (SSSR count). The highest BCUT2D eigenvalue weighted by atomic mass is 32.2. The Morgan fingerprint density at radius 1 is 1.42 bits per heavy atom. The lowest BCUT2D eigenvalue weighted by Crippen LogP contribution is -2.38. The van der Waals surface area contributed by atoms with Crippen LogP contribution in [0.25, 0.3) is 0 Å². The van der Waals surface area contributed by atoms with Crippen LogP contribution < -0.4 is 10.6 Å². The van der Waals surface area contributed by atoms with Crippen molar-refractivity contribution in [2.75, 3.05) is 25.1 Å². The highest BCUT2D eigenvalue weighted by Crippen LogP contribution is 2.22. The number of urea groups is 1. The topological polar surface area (TPSA) is 67.2 Å². The van der Waals surface area contributed by atoms with E-state index in [-0.39, 0.29) is 11.9 Å². The van der Waals surface area contributed by atoms with E-state index in [4.69, 9.17) is 4.52 Å². The van der Waals surface area contributed by atoms with Gasteiger partial charge in [-0.1, -0.05) is 12.1 Å². The molecule has 2 amide bonds. The molecule has 0 spiro atoms. The number of rotatable bonds is 7. The van der Waals surface area contributed by atoms with Crippen LogP contribution in [-0.2, 0) is 0 Å². The fourth-order valence-electron chi connectivity index (χ4n) is 2.02. The van der Waals surface area contributed by atoms with Crippen LogP contribution in [0, 0.1) is 13.8 Å². The van der Waals surface area contributed by atoms with Crippen molar-refractivity contribution in [1.29, 1.82) is 0 Å². The van der Waals surface area contributed by atoms with Gasteiger partial charge in [0.2, 0.25) is 0 Å². The van der Waals surface area contributed by atoms with E-state index in [1.54, 1.807) is 11.8 Å². The summed E-state index contributed by atoms with van der Waals surface area (Å²) in [6, 6.07) is -0.111. The standard InChI is InChI=1S/C13H23N3O2S/c1-9(12-10(2)16-18-11(12)3)8-15-13(17)14-6-5-7-19-4/h9H,5-8H2,1-4H3,(H2,14,15,17). The Labute approximate surface area is 118 Å². The van der Waals surface area contributed by atoms with Crippen LogP contribution in [-0.4, -0.2) is 36.3 Å². The molecule has 108 valence electrons. The number of aromatic nitrogens is 1. The second-order valence-electron chi connectivity index (χ2n) is 4.62. The van der Waals surface area contributed by atoms with E-state index in [9.17, 15) is 4.79 Å². The van der Waals surface area contributed by atoms with Gasteiger partial charge in [-0.15, -0.1) is 0 Å². The molecule has 0 radical (unpaired) electrons. The number of carbonyl (C=O) groups excluding carboxylic acids is 1. The predicted molar refractivity (Wildman–Crippen MR) is 78.8 cm³/mol. The van der Waals surface area contributed by atoms with E-state index in [1.165, 1.54) is 0 Å². The van der Waals surface area contributed by atoms with Crippen molar-refractivity contribution in [3.8, 4) is 0 Å². The van der Waals surface area contributed by atoms with Gasteiger partial charge in [-0.05, 0) is 32.3 Å². The van der Waals surface area contributed by atoms with Gasteiger partial charge < -0.3 is 15.2 Å². The second-order valence-corrected chi connectivity index (χ2v) is 5.61. The molecule has 0 saturated carbocycles. The summed E-state index contributed by atoms with van der Waals surface area (Å²) in [7, 11) is 0. The van der Waals surface area contributed by atoms with Gasteiger partial charge in [0.15, 0.2) is 0 Å². The highest BCUT2D eigenvalue weighted by Gasteiger charge is 2.16. The SMILES string of the molecule is CSCCCNC(=O)NCC(C)c1c(C)noc1C. The van der Waals surface area contributed by atoms with Crippen LogP contribution >= 0.6 is 11.8 Å². The van der Waals surface area contributed by atoms with Gasteiger partial charge in [-0.2, -0.15) is 11.8 Å². The zero-order valence-corrected chi connectivity index (χ0v) is 12.9. The quantitative estimate of drug-likeness (QED) is 0.755. The third-order valence-electron chi connectivity index (χ3n) is 2.96. The van der Waals surface area contributed by atoms with Gasteiger partial charge in [-0.3, -0.25) is 0 Å². The molecule has 0 aliphatic heterocycles. The van der Waals surface area contributed by atoms with Crippen molar-refractivity contribution in [3.05, 3.63) is 17.0 Å². The largest absolute Gasteiger partial charge is 0.361 e. The first-order valence-electron chi connectivity index (χ1n) is 6.49. The van der Waals surface area contributed by atoms with Crippen molar-refractivity contribution in [2.45, 2.75) is 33.1 Å². The van der Waals surface area contributed by atoms with Gasteiger partial charge >= 0.3 is 6.03 Å². The summed E-state index contributed by atoms with van der Waals surface area (Å²) in [5, 5.41) is 9.65. The van der Waals surface area contributed by atoms with Gasteiger partial charge in [0, 0.05) is 24.6 Å². The van der Waals surface area contributed by atoms with Gasteiger partial charge in [0.1, 0.15) is 5.76 Å². The number of thioether (sulfide) groups is 1. The number of hydrogen-bond donors (Lipinski definition) is 2. The molecule has 0 aliphatic rings. The third kappa shape index (κ3) is 5.14. The molecule has 0 aromatic carbocycles. The molecule has 19 heavy (non-hydrogen) atoms. The maximum atomic E-state index is 11.6. The third-order valence-corrected chi connectivity index (χ3v) is 3.66. The summed E-state index contributed by atoms with van der Waals surface area (Å²) < 4.78 is 5.13. The van der Waals surface area contributed by atoms with Crippen LogP contribution in [0.2, 0.25) is 0 Å². The van der Waals surface area contributed by atoms with Crippen molar-refractivity contribution in [2.24, 2.45) is 0 Å². The van der Waals surface area contributed by atoms with E-state index in [0.29, 0.717) is 13.1 Å². The highest BCUT2D eigenvalue weighted by molar-refractivity contribution is 7.98. The molecular formula is C13H23N3O2S. The van der Waals surface area contributed by atoms with Crippen LogP contribution in [0.4, 0.5) is 4.79 Å². The molecule has 6 heteroatoms. The number of hydrogen-bond acceptors (Lipinski definition) is 4. The predicted octanol–water partition coefficient (Wildman–Crippen LogP) is 2.45. The smallest absolute Gasteiger partial charge is 0.314 e. The lowest BCUT2D eigenvalue weighted by atomic mass is 10.00. The van der Waals surface area contributed by atoms with Crippen molar-refractivity contribution >= 4 is 17.8 Å². The summed E-state index contributed by atoms with van der Waals surface area (Å²) in [5.74, 6) is 2.09. The molecule has 1 atom stereocenters. The minimum atomic E-state index is -0.111. The first-order chi connectivity index (χ1) is 9.06. The number of nitrogens with one attached hydrogen (secondary N) is 2. The Kier molecular flexibility index (Phi) is 6.77. The number of nitrogens with zero attached hydrogens (tertiary/aromatic N) is 1. The molecule has 2 N–H and O–H groups in total. The van der Waals surface area contributed by atoms with Gasteiger partial charge in [0.05, 0.1) is 5.69 Å². The van der Waals surface area contributed by atoms with Crippen molar-refractivity contribution < 1.29 is 9.32 Å². The lowest BCUT2D eigenvalue weighted by Gasteiger charge is -2.13. The fraction of sp³-hybridized carbons (Fsp3) is 0.692. The van der Waals surface area contributed by atoms with Crippen LogP contribution in [0.3, 0.4) is 0 Å². The Balaban J connectivity index is 2.30. The average molecular weight is 285 g/mol. The Bertz CT molecular complexity index is 387. The molecule has 0 aliphatic carbocycles. The van der Waals surface area contributed by atoms with E-state index in [1.807, 2.05) is 13.8 Å². The summed E-state index contributed by atoms with van der Waals surface area (Å²) in [4.78, 5) is 11.6. The van der Waals surface area contributed by atoms with Crippen LogP contribution in [0.15, 0.2) is 4.52 Å². The normalized spacial score (nSPS) is 12.2. The molecule has 1 aromatic rings. The Hall–Kier alpha value is -1.17. The lowest BCUT2D eigenvalue weighted by molar-refractivity contribution is 0.240. The summed E-state index contributed by atoms with van der Waals surface area (Å²) >= 11 is 1.78. The van der Waals surface area contributed by atoms with Crippen LogP contribution in [0.1, 0.15) is 36.3 Å². The zero-order chi connectivity index (χ0) is 14.3. The first kappa shape index (κ1) is 15.9. The van der Waals surface area contributed by atoms with E-state index in [2.05, 4.69) is 29.0 Å². The Morgan fingerprint density at radius 3 is 2.74 bits per heavy atom. The van der Waals surface area contributed by atoms with Crippen LogP contribution in [0.5, 0.6) is 0 Å². The molecule has 5 nitrogen and oxygen atoms in total. The first-order valence-corrected chi connectivity index (χ1v) is 7.89. The molecule has 0 fully saturated rings. The minimum absolute atomic E-state index is 0.111. The zero-order valence-electron chi connectivity index (χ0n) is 12.1. The number of amides is 2. The monoisotopic (exact) mass is 285 g/mol. The minimum Gasteiger partial charge on any atom is -0.361 e. The molecule has 0 saturated heterocycles. The van der Waals surface area contributed by atoms with Gasteiger partial charge in [0.25, 0.3) is 0 Å². The van der Waals surface area contributed by atoms with Crippen molar-refractivity contribution in [3.63, 3.8) is 0 Å². The summed E-state index contributed by atoms with van der Waals surface area (Å²) in [5.41, 5.74) is 1.98. The molecule has 0 bridgehead atoms.